The predicted octanol–water partition coefficient (Wildman–Crippen LogP) is 5.18. The molecule has 1 heterocycles. The monoisotopic (exact) mass is 497 g/mol. The van der Waals surface area contributed by atoms with Gasteiger partial charge in [0.05, 0.1) is 31.8 Å². The molecule has 0 spiro atoms. The lowest BCUT2D eigenvalue weighted by Crippen LogP contribution is -2.09. The van der Waals surface area contributed by atoms with Crippen molar-refractivity contribution in [3.63, 3.8) is 0 Å². The van der Waals surface area contributed by atoms with Crippen molar-refractivity contribution in [2.45, 2.75) is 44.6 Å². The molecular formula is C30H27NO6. The van der Waals surface area contributed by atoms with Gasteiger partial charge in [0.15, 0.2) is 0 Å². The van der Waals surface area contributed by atoms with Crippen LogP contribution in [0, 0.1) is 11.3 Å². The summed E-state index contributed by atoms with van der Waals surface area (Å²) in [5, 5.41) is 9.77. The van der Waals surface area contributed by atoms with Crippen LogP contribution < -0.4 is 14.2 Å². The van der Waals surface area contributed by atoms with Crippen molar-refractivity contribution in [3.05, 3.63) is 88.0 Å². The summed E-state index contributed by atoms with van der Waals surface area (Å²) in [5.74, 6) is 1.32. The average molecular weight is 498 g/mol. The summed E-state index contributed by atoms with van der Waals surface area (Å²) in [6.45, 7) is 1.82. The molecule has 2 atom stereocenters. The van der Waals surface area contributed by atoms with Crippen LogP contribution in [0.1, 0.15) is 65.2 Å². The van der Waals surface area contributed by atoms with E-state index < -0.39 is 0 Å². The number of rotatable bonds is 7. The summed E-state index contributed by atoms with van der Waals surface area (Å²) in [6, 6.07) is 19.3. The predicted molar refractivity (Wildman–Crippen MR) is 135 cm³/mol. The molecule has 7 heteroatoms. The second kappa shape index (κ2) is 10.4. The third-order valence-electron chi connectivity index (χ3n) is 6.94. The van der Waals surface area contributed by atoms with E-state index in [9.17, 15) is 14.9 Å². The molecule has 0 N–H and O–H groups in total. The maximum Gasteiger partial charge on any atom is 0.308 e. The number of benzene rings is 3. The minimum atomic E-state index is -0.359. The molecular weight excluding hydrogens is 470 g/mol. The number of hydrogen-bond donors (Lipinski definition) is 0. The fraction of sp³-hybridized carbons (Fsp3) is 0.300. The fourth-order valence-electron chi connectivity index (χ4n) is 5.16. The lowest BCUT2D eigenvalue weighted by atomic mass is 9.92. The molecule has 3 aromatic carbocycles. The Bertz CT molecular complexity index is 1390. The van der Waals surface area contributed by atoms with E-state index >= 15 is 0 Å². The minimum absolute atomic E-state index is 0.0150. The summed E-state index contributed by atoms with van der Waals surface area (Å²) < 4.78 is 22.1. The Morgan fingerprint density at radius 2 is 1.81 bits per heavy atom. The minimum Gasteiger partial charge on any atom is -0.492 e. The molecule has 0 aromatic heterocycles. The third kappa shape index (κ3) is 5.14. The number of esters is 2. The van der Waals surface area contributed by atoms with Gasteiger partial charge in [-0.25, -0.2) is 0 Å². The van der Waals surface area contributed by atoms with Gasteiger partial charge in [-0.05, 0) is 65.8 Å². The van der Waals surface area contributed by atoms with E-state index in [-0.39, 0.29) is 30.4 Å². The lowest BCUT2D eigenvalue weighted by Gasteiger charge is -2.17. The highest BCUT2D eigenvalue weighted by atomic mass is 16.5. The first-order valence-electron chi connectivity index (χ1n) is 12.3. The summed E-state index contributed by atoms with van der Waals surface area (Å²) in [4.78, 5) is 22.9. The third-order valence-corrected chi connectivity index (χ3v) is 6.94. The van der Waals surface area contributed by atoms with Crippen LogP contribution >= 0.6 is 0 Å². The molecule has 0 bridgehead atoms. The van der Waals surface area contributed by atoms with Crippen LogP contribution in [0.25, 0.3) is 0 Å². The maximum atomic E-state index is 11.7. The van der Waals surface area contributed by atoms with E-state index in [0.717, 1.165) is 46.4 Å². The first kappa shape index (κ1) is 24.4. The Morgan fingerprint density at radius 1 is 1.05 bits per heavy atom. The highest BCUT2D eigenvalue weighted by molar-refractivity contribution is 5.71. The zero-order valence-corrected chi connectivity index (χ0v) is 20.8. The van der Waals surface area contributed by atoms with Crippen molar-refractivity contribution in [1.29, 1.82) is 5.26 Å². The molecule has 3 aromatic rings. The Morgan fingerprint density at radius 3 is 2.54 bits per heavy atom. The SMILES string of the molecule is COC(=O)CC1COc2cc(OC3CCc4c3ccc(C#N)c4Cc3ccc(OC(C)=O)cc3)ccc21. The van der Waals surface area contributed by atoms with Crippen LogP contribution in [0.2, 0.25) is 0 Å². The number of nitriles is 1. The Hall–Kier alpha value is -4.31. The first-order chi connectivity index (χ1) is 17.9. The summed E-state index contributed by atoms with van der Waals surface area (Å²) in [6.07, 6.45) is 2.40. The second-order valence-corrected chi connectivity index (χ2v) is 9.32. The number of carbonyl (C=O) groups is 2. The van der Waals surface area contributed by atoms with Crippen molar-refractivity contribution >= 4 is 11.9 Å². The fourth-order valence-corrected chi connectivity index (χ4v) is 5.16. The van der Waals surface area contributed by atoms with E-state index in [1.807, 2.05) is 42.5 Å². The second-order valence-electron chi connectivity index (χ2n) is 9.32. The van der Waals surface area contributed by atoms with Gasteiger partial charge in [-0.1, -0.05) is 24.3 Å². The average Bonchev–Trinajstić information content (AvgIpc) is 3.49. The number of methoxy groups -OCH3 is 1. The molecule has 0 radical (unpaired) electrons. The molecule has 37 heavy (non-hydrogen) atoms. The van der Waals surface area contributed by atoms with Gasteiger partial charge in [0.1, 0.15) is 23.4 Å². The molecule has 1 aliphatic carbocycles. The van der Waals surface area contributed by atoms with Crippen LogP contribution in [0.15, 0.2) is 54.6 Å². The number of hydrogen-bond acceptors (Lipinski definition) is 7. The van der Waals surface area contributed by atoms with Crippen molar-refractivity contribution < 1.29 is 28.5 Å². The van der Waals surface area contributed by atoms with E-state index in [1.54, 1.807) is 12.1 Å². The van der Waals surface area contributed by atoms with E-state index in [4.69, 9.17) is 18.9 Å². The summed E-state index contributed by atoms with van der Waals surface area (Å²) in [5.41, 5.74) is 5.94. The Kier molecular flexibility index (Phi) is 6.82. The lowest BCUT2D eigenvalue weighted by molar-refractivity contribution is -0.141. The van der Waals surface area contributed by atoms with Gasteiger partial charge < -0.3 is 18.9 Å². The van der Waals surface area contributed by atoms with Crippen LogP contribution in [-0.2, 0) is 27.2 Å². The van der Waals surface area contributed by atoms with E-state index in [2.05, 4.69) is 6.07 Å². The summed E-state index contributed by atoms with van der Waals surface area (Å²) in [7, 11) is 1.39. The van der Waals surface area contributed by atoms with Gasteiger partial charge >= 0.3 is 11.9 Å². The van der Waals surface area contributed by atoms with Crippen LogP contribution in [0.4, 0.5) is 0 Å². The van der Waals surface area contributed by atoms with E-state index in [0.29, 0.717) is 30.1 Å². The molecule has 188 valence electrons. The molecule has 1 aliphatic heterocycles. The van der Waals surface area contributed by atoms with Crippen molar-refractivity contribution in [3.8, 4) is 23.3 Å². The Labute approximate surface area is 215 Å². The molecule has 0 fully saturated rings. The molecule has 7 nitrogen and oxygen atoms in total. The van der Waals surface area contributed by atoms with Crippen LogP contribution in [0.3, 0.4) is 0 Å². The van der Waals surface area contributed by atoms with Crippen molar-refractivity contribution in [1.82, 2.24) is 0 Å². The zero-order valence-electron chi connectivity index (χ0n) is 20.8. The largest absolute Gasteiger partial charge is 0.492 e. The topological polar surface area (TPSA) is 94.9 Å². The smallest absolute Gasteiger partial charge is 0.308 e. The van der Waals surface area contributed by atoms with Gasteiger partial charge in [0.25, 0.3) is 0 Å². The highest BCUT2D eigenvalue weighted by Gasteiger charge is 2.30. The molecule has 2 unspecified atom stereocenters. The number of carbonyl (C=O) groups excluding carboxylic acids is 2. The van der Waals surface area contributed by atoms with Gasteiger partial charge in [-0.15, -0.1) is 0 Å². The zero-order chi connectivity index (χ0) is 25.9. The Balaban J connectivity index is 1.34. The summed E-state index contributed by atoms with van der Waals surface area (Å²) >= 11 is 0. The van der Waals surface area contributed by atoms with Gasteiger partial charge in [0, 0.05) is 24.5 Å². The molecule has 5 rings (SSSR count). The quantitative estimate of drug-likeness (QED) is 0.328. The number of fused-ring (bicyclic) bond motifs is 2. The van der Waals surface area contributed by atoms with Gasteiger partial charge in [-0.3, -0.25) is 9.59 Å². The van der Waals surface area contributed by atoms with Gasteiger partial charge in [-0.2, -0.15) is 5.26 Å². The van der Waals surface area contributed by atoms with E-state index in [1.165, 1.54) is 14.0 Å². The molecule has 0 saturated carbocycles. The number of ether oxygens (including phenoxy) is 4. The van der Waals surface area contributed by atoms with Crippen molar-refractivity contribution in [2.24, 2.45) is 0 Å². The normalized spacial score (nSPS) is 17.2. The first-order valence-corrected chi connectivity index (χ1v) is 12.3. The highest BCUT2D eigenvalue weighted by Crippen LogP contribution is 2.42. The number of nitrogens with zero attached hydrogens (tertiary/aromatic N) is 1. The van der Waals surface area contributed by atoms with Crippen LogP contribution in [0.5, 0.6) is 17.2 Å². The van der Waals surface area contributed by atoms with Crippen LogP contribution in [-0.4, -0.2) is 25.7 Å². The molecule has 0 amide bonds. The molecule has 0 saturated heterocycles. The van der Waals surface area contributed by atoms with Crippen molar-refractivity contribution in [2.75, 3.05) is 13.7 Å². The maximum absolute atomic E-state index is 11.7. The molecule has 2 aliphatic rings. The van der Waals surface area contributed by atoms with Gasteiger partial charge in [0.2, 0.25) is 0 Å². The standard InChI is InChI=1S/C30H27NO6/c1-18(32)36-22-6-3-19(4-7-22)13-27-20(16-31)5-9-26-25(27)11-12-28(26)37-23-8-10-24-21(14-30(33)34-2)17-35-29(24)15-23/h3-10,15,21,28H,11-14,17H2,1-2H3.